The lowest BCUT2D eigenvalue weighted by Gasteiger charge is -2.03. The summed E-state index contributed by atoms with van der Waals surface area (Å²) in [5, 5.41) is 1.00. The average molecular weight is 161 g/mol. The highest BCUT2D eigenvalue weighted by atomic mass is 35.5. The zero-order valence-corrected chi connectivity index (χ0v) is 8.07. The molecule has 1 heteroatoms. The molecule has 0 N–H and O–H groups in total. The van der Waals surface area contributed by atoms with Crippen molar-refractivity contribution < 1.29 is 0 Å². The highest BCUT2D eigenvalue weighted by Crippen LogP contribution is 2.16. The molecule has 10 heavy (non-hydrogen) atoms. The van der Waals surface area contributed by atoms with Crippen molar-refractivity contribution in [3.05, 3.63) is 11.1 Å². The van der Waals surface area contributed by atoms with Gasteiger partial charge >= 0.3 is 0 Å². The molecule has 60 valence electrons. The van der Waals surface area contributed by atoms with Gasteiger partial charge in [0.25, 0.3) is 0 Å². The maximum absolute atomic E-state index is 5.93. The van der Waals surface area contributed by atoms with Crippen LogP contribution in [0.5, 0.6) is 0 Å². The molecule has 0 aromatic heterocycles. The van der Waals surface area contributed by atoms with Crippen LogP contribution < -0.4 is 0 Å². The van der Waals surface area contributed by atoms with E-state index in [4.69, 9.17) is 11.6 Å². The van der Waals surface area contributed by atoms with Gasteiger partial charge < -0.3 is 0 Å². The molecule has 0 bridgehead atoms. The Balaban J connectivity index is 3.71. The van der Waals surface area contributed by atoms with Gasteiger partial charge in [-0.2, -0.15) is 0 Å². The molecule has 0 aliphatic rings. The summed E-state index contributed by atoms with van der Waals surface area (Å²) in [6.07, 6.45) is 3.13. The van der Waals surface area contributed by atoms with Gasteiger partial charge in [0, 0.05) is 5.03 Å². The second-order valence-electron chi connectivity index (χ2n) is 3.46. The summed E-state index contributed by atoms with van der Waals surface area (Å²) >= 11 is 5.93. The quantitative estimate of drug-likeness (QED) is 0.589. The lowest BCUT2D eigenvalue weighted by molar-refractivity contribution is 0.651. The predicted octanol–water partition coefficient (Wildman–Crippen LogP) is 3.81. The van der Waals surface area contributed by atoms with Gasteiger partial charge in [0.15, 0.2) is 0 Å². The van der Waals surface area contributed by atoms with Crippen LogP contribution in [0.1, 0.15) is 34.1 Å². The van der Waals surface area contributed by atoms with E-state index in [9.17, 15) is 0 Å². The Morgan fingerprint density at radius 1 is 1.30 bits per heavy atom. The van der Waals surface area contributed by atoms with E-state index in [2.05, 4.69) is 33.8 Å². The fourth-order valence-electron chi connectivity index (χ4n) is 0.820. The molecule has 0 aliphatic carbocycles. The van der Waals surface area contributed by atoms with Crippen LogP contribution in [0, 0.1) is 11.8 Å². The molecule has 0 saturated heterocycles. The van der Waals surface area contributed by atoms with Crippen LogP contribution in [0.25, 0.3) is 0 Å². The molecule has 0 spiro atoms. The summed E-state index contributed by atoms with van der Waals surface area (Å²) < 4.78 is 0. The van der Waals surface area contributed by atoms with Crippen molar-refractivity contribution in [1.82, 2.24) is 0 Å². The van der Waals surface area contributed by atoms with Gasteiger partial charge in [0.2, 0.25) is 0 Å². The van der Waals surface area contributed by atoms with Gasteiger partial charge in [-0.3, -0.25) is 0 Å². The molecule has 0 amide bonds. The number of rotatable bonds is 3. The SMILES string of the molecule is CC(C)/C=C(\Cl)CC(C)C. The fraction of sp³-hybridized carbons (Fsp3) is 0.778. The topological polar surface area (TPSA) is 0 Å². The molecule has 0 atom stereocenters. The standard InChI is InChI=1S/C9H17Cl/c1-7(2)5-9(10)6-8(3)4/h5,7-8H,6H2,1-4H3/b9-5-. The maximum atomic E-state index is 5.93. The Labute approximate surface area is 69.3 Å². The van der Waals surface area contributed by atoms with E-state index in [1.807, 2.05) is 0 Å². The van der Waals surface area contributed by atoms with E-state index < -0.39 is 0 Å². The zero-order chi connectivity index (χ0) is 8.15. The van der Waals surface area contributed by atoms with Crippen molar-refractivity contribution in [3.8, 4) is 0 Å². The lowest BCUT2D eigenvalue weighted by atomic mass is 10.1. The smallest absolute Gasteiger partial charge is 0.0146 e. The number of hydrogen-bond acceptors (Lipinski definition) is 0. The van der Waals surface area contributed by atoms with Crippen molar-refractivity contribution in [2.75, 3.05) is 0 Å². The second-order valence-corrected chi connectivity index (χ2v) is 3.94. The molecule has 0 rings (SSSR count). The summed E-state index contributed by atoms with van der Waals surface area (Å²) in [5.41, 5.74) is 0. The van der Waals surface area contributed by atoms with Crippen molar-refractivity contribution in [2.45, 2.75) is 34.1 Å². The predicted molar refractivity (Wildman–Crippen MR) is 48.2 cm³/mol. The molecule has 0 heterocycles. The van der Waals surface area contributed by atoms with Crippen molar-refractivity contribution in [1.29, 1.82) is 0 Å². The highest BCUT2D eigenvalue weighted by molar-refractivity contribution is 6.29. The van der Waals surface area contributed by atoms with E-state index in [1.165, 1.54) is 0 Å². The molecule has 0 saturated carbocycles. The van der Waals surface area contributed by atoms with Gasteiger partial charge in [0.1, 0.15) is 0 Å². The van der Waals surface area contributed by atoms with E-state index in [0.29, 0.717) is 11.8 Å². The summed E-state index contributed by atoms with van der Waals surface area (Å²) in [6.45, 7) is 8.64. The minimum atomic E-state index is 0.575. The largest absolute Gasteiger partial charge is 0.0895 e. The second kappa shape index (κ2) is 4.79. The molecule has 0 aromatic rings. The Bertz CT molecular complexity index is 112. The van der Waals surface area contributed by atoms with Crippen LogP contribution in [-0.4, -0.2) is 0 Å². The van der Waals surface area contributed by atoms with Crippen LogP contribution in [0.4, 0.5) is 0 Å². The molecular formula is C9H17Cl. The molecular weight excluding hydrogens is 144 g/mol. The van der Waals surface area contributed by atoms with E-state index >= 15 is 0 Å². The first-order chi connectivity index (χ1) is 4.52. The Kier molecular flexibility index (Phi) is 4.80. The van der Waals surface area contributed by atoms with Crippen molar-refractivity contribution >= 4 is 11.6 Å². The van der Waals surface area contributed by atoms with Gasteiger partial charge in [-0.05, 0) is 18.3 Å². The summed E-state index contributed by atoms with van der Waals surface area (Å²) in [5.74, 6) is 1.24. The first kappa shape index (κ1) is 10.0. The monoisotopic (exact) mass is 160 g/mol. The maximum Gasteiger partial charge on any atom is 0.0146 e. The number of hydrogen-bond donors (Lipinski definition) is 0. The van der Waals surface area contributed by atoms with E-state index in [-0.39, 0.29) is 0 Å². The third-order valence-corrected chi connectivity index (χ3v) is 1.40. The van der Waals surface area contributed by atoms with Gasteiger partial charge in [-0.25, -0.2) is 0 Å². The molecule has 0 fully saturated rings. The van der Waals surface area contributed by atoms with Gasteiger partial charge in [-0.1, -0.05) is 45.4 Å². The van der Waals surface area contributed by atoms with Crippen LogP contribution in [0.2, 0.25) is 0 Å². The minimum absolute atomic E-state index is 0.575. The molecule has 0 nitrogen and oxygen atoms in total. The fourth-order valence-corrected chi connectivity index (χ4v) is 1.38. The van der Waals surface area contributed by atoms with Crippen molar-refractivity contribution in [2.24, 2.45) is 11.8 Å². The average Bonchev–Trinajstić information content (AvgIpc) is 1.58. The number of allylic oxidation sites excluding steroid dienone is 2. The first-order valence-electron chi connectivity index (χ1n) is 3.88. The van der Waals surface area contributed by atoms with Crippen LogP contribution in [0.15, 0.2) is 11.1 Å². The minimum Gasteiger partial charge on any atom is -0.0895 e. The van der Waals surface area contributed by atoms with E-state index in [1.54, 1.807) is 0 Å². The Morgan fingerprint density at radius 2 is 1.80 bits per heavy atom. The van der Waals surface area contributed by atoms with Crippen molar-refractivity contribution in [3.63, 3.8) is 0 Å². The molecule has 0 aliphatic heterocycles. The lowest BCUT2D eigenvalue weighted by Crippen LogP contribution is -1.88. The first-order valence-corrected chi connectivity index (χ1v) is 4.26. The zero-order valence-electron chi connectivity index (χ0n) is 7.32. The third-order valence-electron chi connectivity index (χ3n) is 1.12. The summed E-state index contributed by atoms with van der Waals surface area (Å²) in [7, 11) is 0. The van der Waals surface area contributed by atoms with Crippen LogP contribution >= 0.6 is 11.6 Å². The van der Waals surface area contributed by atoms with Crippen LogP contribution in [0.3, 0.4) is 0 Å². The number of halogens is 1. The normalized spacial score (nSPS) is 13.3. The molecule has 0 aromatic carbocycles. The molecule has 0 unspecified atom stereocenters. The van der Waals surface area contributed by atoms with E-state index in [0.717, 1.165) is 11.5 Å². The Hall–Kier alpha value is 0.0300. The summed E-state index contributed by atoms with van der Waals surface area (Å²) in [4.78, 5) is 0. The highest BCUT2D eigenvalue weighted by Gasteiger charge is 1.97. The van der Waals surface area contributed by atoms with Crippen LogP contribution in [-0.2, 0) is 0 Å². The summed E-state index contributed by atoms with van der Waals surface area (Å²) in [6, 6.07) is 0. The van der Waals surface area contributed by atoms with Gasteiger partial charge in [-0.15, -0.1) is 0 Å². The third kappa shape index (κ3) is 6.15. The van der Waals surface area contributed by atoms with Gasteiger partial charge in [0.05, 0.1) is 0 Å². The molecule has 0 radical (unpaired) electrons. The Morgan fingerprint density at radius 3 is 2.10 bits per heavy atom.